The summed E-state index contributed by atoms with van der Waals surface area (Å²) in [5.41, 5.74) is 3.37. The molecule has 0 unspecified atom stereocenters. The number of rotatable bonds is 11. The molecule has 3 aromatic rings. The summed E-state index contributed by atoms with van der Waals surface area (Å²) in [6, 6.07) is 22.8. The molecule has 0 spiro atoms. The zero-order chi connectivity index (χ0) is 22.1. The number of hydrogen-bond donors (Lipinski definition) is 2. The van der Waals surface area contributed by atoms with E-state index >= 15 is 0 Å². The SMILES string of the molecule is COc1cc(CNCCc2ccc(S(N)(=O)=O)cc2)ccc1OCCc1ccccc1.Cl. The standard InChI is InChI=1S/C24H28N2O4S.ClH/c1-29-24-17-21(9-12-23(24)30-16-14-19-5-3-2-4-6-19)18-26-15-13-20-7-10-22(11-8-20)31(25,27)28;/h2-12,17,26H,13-16,18H2,1H3,(H2,25,27,28);1H. The lowest BCUT2D eigenvalue weighted by molar-refractivity contribution is 0.297. The second kappa shape index (κ2) is 12.5. The predicted octanol–water partition coefficient (Wildman–Crippen LogP) is 3.72. The first-order valence-corrected chi connectivity index (χ1v) is 11.7. The van der Waals surface area contributed by atoms with E-state index in [1.165, 1.54) is 17.7 Å². The fourth-order valence-electron chi connectivity index (χ4n) is 3.18. The molecule has 8 heteroatoms. The molecule has 0 aliphatic rings. The summed E-state index contributed by atoms with van der Waals surface area (Å²) in [6.07, 6.45) is 1.62. The summed E-state index contributed by atoms with van der Waals surface area (Å²) in [5.74, 6) is 1.45. The molecule has 6 nitrogen and oxygen atoms in total. The second-order valence-corrected chi connectivity index (χ2v) is 8.75. The van der Waals surface area contributed by atoms with Crippen molar-refractivity contribution in [3.63, 3.8) is 0 Å². The van der Waals surface area contributed by atoms with Gasteiger partial charge in [-0.1, -0.05) is 48.5 Å². The van der Waals surface area contributed by atoms with Crippen molar-refractivity contribution >= 4 is 22.4 Å². The minimum absolute atomic E-state index is 0. The van der Waals surface area contributed by atoms with Gasteiger partial charge >= 0.3 is 0 Å². The lowest BCUT2D eigenvalue weighted by atomic mass is 10.1. The Kier molecular flexibility index (Phi) is 9.99. The van der Waals surface area contributed by atoms with Gasteiger partial charge in [-0.2, -0.15) is 0 Å². The molecule has 32 heavy (non-hydrogen) atoms. The molecule has 0 heterocycles. The average Bonchev–Trinajstić information content (AvgIpc) is 2.78. The summed E-state index contributed by atoms with van der Waals surface area (Å²) >= 11 is 0. The van der Waals surface area contributed by atoms with Crippen LogP contribution in [0.2, 0.25) is 0 Å². The largest absolute Gasteiger partial charge is 0.493 e. The number of primary sulfonamides is 1. The van der Waals surface area contributed by atoms with Crippen LogP contribution in [-0.4, -0.2) is 28.7 Å². The molecular formula is C24H29ClN2O4S. The first-order chi connectivity index (χ1) is 15.0. The number of methoxy groups -OCH3 is 1. The molecular weight excluding hydrogens is 448 g/mol. The van der Waals surface area contributed by atoms with E-state index in [1.807, 2.05) is 36.4 Å². The molecule has 0 saturated heterocycles. The smallest absolute Gasteiger partial charge is 0.238 e. The molecule has 3 aromatic carbocycles. The van der Waals surface area contributed by atoms with E-state index in [9.17, 15) is 8.42 Å². The Bertz CT molecular complexity index is 1070. The van der Waals surface area contributed by atoms with Crippen LogP contribution in [0.25, 0.3) is 0 Å². The zero-order valence-corrected chi connectivity index (χ0v) is 19.6. The Morgan fingerprint density at radius 2 is 1.50 bits per heavy atom. The molecule has 0 atom stereocenters. The Morgan fingerprint density at radius 3 is 2.16 bits per heavy atom. The third-order valence-corrected chi connectivity index (χ3v) is 5.82. The van der Waals surface area contributed by atoms with Crippen LogP contribution in [0.1, 0.15) is 16.7 Å². The van der Waals surface area contributed by atoms with Crippen molar-refractivity contribution in [2.24, 2.45) is 5.14 Å². The maximum atomic E-state index is 11.3. The van der Waals surface area contributed by atoms with Crippen molar-refractivity contribution in [3.8, 4) is 11.5 Å². The van der Waals surface area contributed by atoms with E-state index < -0.39 is 10.0 Å². The van der Waals surface area contributed by atoms with Crippen LogP contribution in [0.3, 0.4) is 0 Å². The Morgan fingerprint density at radius 1 is 0.844 bits per heavy atom. The molecule has 0 fully saturated rings. The van der Waals surface area contributed by atoms with Gasteiger partial charge in [0.2, 0.25) is 10.0 Å². The van der Waals surface area contributed by atoms with Crippen LogP contribution in [0.15, 0.2) is 77.7 Å². The van der Waals surface area contributed by atoms with Crippen molar-refractivity contribution < 1.29 is 17.9 Å². The summed E-state index contributed by atoms with van der Waals surface area (Å²) in [5, 5.41) is 8.51. The highest BCUT2D eigenvalue weighted by Gasteiger charge is 2.08. The van der Waals surface area contributed by atoms with Crippen molar-refractivity contribution in [1.29, 1.82) is 0 Å². The number of hydrogen-bond acceptors (Lipinski definition) is 5. The molecule has 0 aromatic heterocycles. The average molecular weight is 477 g/mol. The van der Waals surface area contributed by atoms with Crippen LogP contribution in [-0.2, 0) is 29.4 Å². The van der Waals surface area contributed by atoms with E-state index in [-0.39, 0.29) is 17.3 Å². The fourth-order valence-corrected chi connectivity index (χ4v) is 3.69. The zero-order valence-electron chi connectivity index (χ0n) is 18.0. The minimum Gasteiger partial charge on any atom is -0.493 e. The minimum atomic E-state index is -3.65. The van der Waals surface area contributed by atoms with Crippen LogP contribution < -0.4 is 19.9 Å². The maximum absolute atomic E-state index is 11.3. The lowest BCUT2D eigenvalue weighted by Gasteiger charge is -2.13. The first kappa shape index (κ1) is 25.7. The summed E-state index contributed by atoms with van der Waals surface area (Å²) in [6.45, 7) is 2.03. The third kappa shape index (κ3) is 7.84. The summed E-state index contributed by atoms with van der Waals surface area (Å²) < 4.78 is 34.0. The van der Waals surface area contributed by atoms with Crippen LogP contribution in [0.4, 0.5) is 0 Å². The van der Waals surface area contributed by atoms with Gasteiger partial charge in [0, 0.05) is 13.0 Å². The Labute approximate surface area is 196 Å². The fraction of sp³-hybridized carbons (Fsp3) is 0.250. The van der Waals surface area contributed by atoms with Gasteiger partial charge in [0.1, 0.15) is 0 Å². The molecule has 3 N–H and O–H groups in total. The van der Waals surface area contributed by atoms with Crippen molar-refractivity contribution in [2.45, 2.75) is 24.3 Å². The maximum Gasteiger partial charge on any atom is 0.238 e. The number of nitrogens with two attached hydrogens (primary N) is 1. The molecule has 0 aliphatic carbocycles. The monoisotopic (exact) mass is 476 g/mol. The molecule has 0 saturated carbocycles. The van der Waals surface area contributed by atoms with Gasteiger partial charge in [0.25, 0.3) is 0 Å². The topological polar surface area (TPSA) is 90.6 Å². The molecule has 0 aliphatic heterocycles. The highest BCUT2D eigenvalue weighted by Crippen LogP contribution is 2.28. The Balaban J connectivity index is 0.00000363. The molecule has 3 rings (SSSR count). The van der Waals surface area contributed by atoms with E-state index in [4.69, 9.17) is 14.6 Å². The molecule has 0 amide bonds. The van der Waals surface area contributed by atoms with Crippen molar-refractivity contribution in [2.75, 3.05) is 20.3 Å². The highest BCUT2D eigenvalue weighted by atomic mass is 35.5. The summed E-state index contributed by atoms with van der Waals surface area (Å²) in [4.78, 5) is 0.127. The highest BCUT2D eigenvalue weighted by molar-refractivity contribution is 7.89. The first-order valence-electron chi connectivity index (χ1n) is 10.1. The Hall–Kier alpha value is -2.58. The van der Waals surface area contributed by atoms with Gasteiger partial charge in [0.15, 0.2) is 11.5 Å². The van der Waals surface area contributed by atoms with E-state index in [2.05, 4.69) is 17.4 Å². The van der Waals surface area contributed by atoms with Gasteiger partial charge in [0.05, 0.1) is 18.6 Å². The number of benzene rings is 3. The van der Waals surface area contributed by atoms with Gasteiger partial charge in [-0.15, -0.1) is 12.4 Å². The van der Waals surface area contributed by atoms with Gasteiger partial charge in [-0.3, -0.25) is 0 Å². The second-order valence-electron chi connectivity index (χ2n) is 7.19. The summed E-state index contributed by atoms with van der Waals surface area (Å²) in [7, 11) is -2.01. The van der Waals surface area contributed by atoms with Crippen molar-refractivity contribution in [1.82, 2.24) is 5.32 Å². The number of ether oxygens (including phenoxy) is 2. The van der Waals surface area contributed by atoms with Crippen molar-refractivity contribution in [3.05, 3.63) is 89.5 Å². The van der Waals surface area contributed by atoms with E-state index in [0.717, 1.165) is 36.3 Å². The van der Waals surface area contributed by atoms with Gasteiger partial charge in [-0.05, 0) is 53.9 Å². The number of sulfonamides is 1. The lowest BCUT2D eigenvalue weighted by Crippen LogP contribution is -2.17. The van der Waals surface area contributed by atoms with Gasteiger partial charge in [-0.25, -0.2) is 13.6 Å². The van der Waals surface area contributed by atoms with Crippen LogP contribution in [0.5, 0.6) is 11.5 Å². The van der Waals surface area contributed by atoms with Crippen LogP contribution in [0, 0.1) is 0 Å². The third-order valence-electron chi connectivity index (χ3n) is 4.89. The molecule has 0 bridgehead atoms. The normalized spacial score (nSPS) is 10.9. The molecule has 0 radical (unpaired) electrons. The van der Waals surface area contributed by atoms with Crippen LogP contribution >= 0.6 is 12.4 Å². The number of nitrogens with one attached hydrogen (secondary N) is 1. The number of halogens is 1. The van der Waals surface area contributed by atoms with Gasteiger partial charge < -0.3 is 14.8 Å². The predicted molar refractivity (Wildman–Crippen MR) is 129 cm³/mol. The van der Waals surface area contributed by atoms with E-state index in [1.54, 1.807) is 19.2 Å². The quantitative estimate of drug-likeness (QED) is 0.411. The van der Waals surface area contributed by atoms with E-state index in [0.29, 0.717) is 18.9 Å². The molecule has 172 valence electrons.